The molecular formula is C12H21N3O4S2. The molecule has 0 spiro atoms. The van der Waals surface area contributed by atoms with Gasteiger partial charge in [-0.05, 0) is 31.5 Å². The SMILES string of the molecule is CC(C)(CNS(=O)(=O)Cc1ccc(N)cc1)NS(C)(=O)=O. The lowest BCUT2D eigenvalue weighted by Gasteiger charge is -2.25. The van der Waals surface area contributed by atoms with Gasteiger partial charge < -0.3 is 5.73 Å². The molecule has 0 unspecified atom stereocenters. The number of anilines is 1. The zero-order chi connectivity index (χ0) is 16.3. The molecule has 0 heterocycles. The molecule has 120 valence electrons. The molecule has 0 aliphatic carbocycles. The first-order chi connectivity index (χ1) is 9.39. The van der Waals surface area contributed by atoms with E-state index in [4.69, 9.17) is 5.73 Å². The molecule has 0 saturated carbocycles. The number of hydrogen-bond acceptors (Lipinski definition) is 5. The minimum atomic E-state index is -3.56. The van der Waals surface area contributed by atoms with Crippen LogP contribution >= 0.6 is 0 Å². The molecule has 7 nitrogen and oxygen atoms in total. The number of rotatable bonds is 7. The van der Waals surface area contributed by atoms with Crippen molar-refractivity contribution in [2.24, 2.45) is 0 Å². The third kappa shape index (κ3) is 7.42. The van der Waals surface area contributed by atoms with Gasteiger partial charge in [-0.15, -0.1) is 0 Å². The average Bonchev–Trinajstić information content (AvgIpc) is 2.27. The van der Waals surface area contributed by atoms with Crippen molar-refractivity contribution in [1.82, 2.24) is 9.44 Å². The van der Waals surface area contributed by atoms with Crippen LogP contribution in [0, 0.1) is 0 Å². The van der Waals surface area contributed by atoms with Gasteiger partial charge >= 0.3 is 0 Å². The first kappa shape index (κ1) is 17.9. The van der Waals surface area contributed by atoms with Gasteiger partial charge in [-0.3, -0.25) is 0 Å². The van der Waals surface area contributed by atoms with E-state index in [-0.39, 0.29) is 12.3 Å². The summed E-state index contributed by atoms with van der Waals surface area (Å²) in [6, 6.07) is 6.52. The molecule has 0 amide bonds. The normalized spacial score (nSPS) is 13.3. The Kier molecular flexibility index (Phi) is 5.37. The van der Waals surface area contributed by atoms with E-state index in [9.17, 15) is 16.8 Å². The summed E-state index contributed by atoms with van der Waals surface area (Å²) in [5.41, 5.74) is 5.78. The van der Waals surface area contributed by atoms with E-state index in [0.717, 1.165) is 6.26 Å². The highest BCUT2D eigenvalue weighted by molar-refractivity contribution is 7.89. The molecule has 0 aromatic heterocycles. The standard InChI is InChI=1S/C12H21N3O4S2/c1-12(2,15-20(3,16)17)9-14-21(18,19)8-10-4-6-11(13)7-5-10/h4-7,14-15H,8-9,13H2,1-3H3. The van der Waals surface area contributed by atoms with Gasteiger partial charge in [0.1, 0.15) is 0 Å². The number of nitrogens with two attached hydrogens (primary N) is 1. The van der Waals surface area contributed by atoms with Gasteiger partial charge in [0.2, 0.25) is 20.0 Å². The molecule has 0 saturated heterocycles. The van der Waals surface area contributed by atoms with Crippen molar-refractivity contribution in [3.05, 3.63) is 29.8 Å². The predicted molar refractivity (Wildman–Crippen MR) is 83.5 cm³/mol. The smallest absolute Gasteiger partial charge is 0.215 e. The maximum absolute atomic E-state index is 12.0. The van der Waals surface area contributed by atoms with Gasteiger partial charge in [-0.1, -0.05) is 12.1 Å². The maximum Gasteiger partial charge on any atom is 0.215 e. The van der Waals surface area contributed by atoms with E-state index < -0.39 is 25.6 Å². The van der Waals surface area contributed by atoms with Gasteiger partial charge in [0.15, 0.2) is 0 Å². The van der Waals surface area contributed by atoms with Crippen molar-refractivity contribution < 1.29 is 16.8 Å². The second kappa shape index (κ2) is 6.30. The molecule has 0 aliphatic rings. The fraction of sp³-hybridized carbons (Fsp3) is 0.500. The van der Waals surface area contributed by atoms with Crippen LogP contribution in [0.15, 0.2) is 24.3 Å². The molecule has 0 radical (unpaired) electrons. The highest BCUT2D eigenvalue weighted by Crippen LogP contribution is 2.09. The third-order valence-corrected chi connectivity index (χ3v) is 4.75. The molecule has 4 N–H and O–H groups in total. The summed E-state index contributed by atoms with van der Waals surface area (Å²) >= 11 is 0. The molecule has 1 aromatic carbocycles. The number of nitrogen functional groups attached to an aromatic ring is 1. The van der Waals surface area contributed by atoms with Gasteiger partial charge in [0, 0.05) is 17.8 Å². The lowest BCUT2D eigenvalue weighted by molar-refractivity contribution is 0.446. The Balaban J connectivity index is 2.67. The van der Waals surface area contributed by atoms with Crippen LogP contribution in [0.3, 0.4) is 0 Å². The van der Waals surface area contributed by atoms with Crippen LogP contribution in [0.4, 0.5) is 5.69 Å². The summed E-state index contributed by atoms with van der Waals surface area (Å²) < 4.78 is 51.1. The number of nitrogens with one attached hydrogen (secondary N) is 2. The van der Waals surface area contributed by atoms with E-state index in [1.807, 2.05) is 0 Å². The molecule has 0 fully saturated rings. The van der Waals surface area contributed by atoms with Crippen LogP contribution in [0.2, 0.25) is 0 Å². The molecule has 21 heavy (non-hydrogen) atoms. The molecule has 0 bridgehead atoms. The van der Waals surface area contributed by atoms with Crippen molar-refractivity contribution in [3.63, 3.8) is 0 Å². The van der Waals surface area contributed by atoms with E-state index in [0.29, 0.717) is 11.3 Å². The molecule has 1 aromatic rings. The number of sulfonamides is 2. The fourth-order valence-electron chi connectivity index (χ4n) is 1.71. The zero-order valence-corrected chi connectivity index (χ0v) is 13.9. The van der Waals surface area contributed by atoms with E-state index in [1.54, 1.807) is 38.1 Å². The lowest BCUT2D eigenvalue weighted by atomic mass is 10.1. The topological polar surface area (TPSA) is 118 Å². The van der Waals surface area contributed by atoms with Crippen LogP contribution in [-0.4, -0.2) is 35.2 Å². The third-order valence-electron chi connectivity index (χ3n) is 2.53. The average molecular weight is 335 g/mol. The molecular weight excluding hydrogens is 314 g/mol. The van der Waals surface area contributed by atoms with Crippen molar-refractivity contribution in [2.45, 2.75) is 25.1 Å². The minimum Gasteiger partial charge on any atom is -0.399 e. The quantitative estimate of drug-likeness (QED) is 0.607. The summed E-state index contributed by atoms with van der Waals surface area (Å²) in [5.74, 6) is -0.192. The molecule has 1 rings (SSSR count). The second-order valence-corrected chi connectivity index (χ2v) is 9.14. The van der Waals surface area contributed by atoms with Crippen LogP contribution in [0.5, 0.6) is 0 Å². The highest BCUT2D eigenvalue weighted by Gasteiger charge is 2.24. The first-order valence-electron chi connectivity index (χ1n) is 6.19. The Labute approximate surface area is 126 Å². The largest absolute Gasteiger partial charge is 0.399 e. The molecule has 9 heteroatoms. The Morgan fingerprint density at radius 2 is 1.62 bits per heavy atom. The van der Waals surface area contributed by atoms with E-state index in [1.165, 1.54) is 0 Å². The summed E-state index contributed by atoms with van der Waals surface area (Å²) in [6.45, 7) is 3.15. The van der Waals surface area contributed by atoms with Crippen molar-refractivity contribution in [2.75, 3.05) is 18.5 Å². The fourth-order valence-corrected chi connectivity index (χ4v) is 4.10. The van der Waals surface area contributed by atoms with Crippen LogP contribution in [0.1, 0.15) is 19.4 Å². The second-order valence-electron chi connectivity index (χ2n) is 5.58. The van der Waals surface area contributed by atoms with Crippen molar-refractivity contribution in [1.29, 1.82) is 0 Å². The Morgan fingerprint density at radius 1 is 1.10 bits per heavy atom. The summed E-state index contributed by atoms with van der Waals surface area (Å²) in [4.78, 5) is 0. The zero-order valence-electron chi connectivity index (χ0n) is 12.3. The first-order valence-corrected chi connectivity index (χ1v) is 9.74. The predicted octanol–water partition coefficient (Wildman–Crippen LogP) is 0.0160. The van der Waals surface area contributed by atoms with Crippen molar-refractivity contribution >= 4 is 25.7 Å². The summed E-state index contributed by atoms with van der Waals surface area (Å²) in [6.07, 6.45) is 1.03. The Bertz CT molecular complexity index is 680. The van der Waals surface area contributed by atoms with Crippen LogP contribution < -0.4 is 15.2 Å². The minimum absolute atomic E-state index is 0.0443. The van der Waals surface area contributed by atoms with Gasteiger partial charge in [0.25, 0.3) is 0 Å². The van der Waals surface area contributed by atoms with Crippen molar-refractivity contribution in [3.8, 4) is 0 Å². The Morgan fingerprint density at radius 3 is 2.10 bits per heavy atom. The summed E-state index contributed by atoms with van der Waals surface area (Å²) in [7, 11) is -6.97. The molecule has 0 atom stereocenters. The van der Waals surface area contributed by atoms with E-state index in [2.05, 4.69) is 9.44 Å². The van der Waals surface area contributed by atoms with Gasteiger partial charge in [-0.2, -0.15) is 0 Å². The highest BCUT2D eigenvalue weighted by atomic mass is 32.2. The van der Waals surface area contributed by atoms with Crippen LogP contribution in [-0.2, 0) is 25.8 Å². The van der Waals surface area contributed by atoms with Gasteiger partial charge in [-0.25, -0.2) is 26.3 Å². The lowest BCUT2D eigenvalue weighted by Crippen LogP contribution is -2.51. The van der Waals surface area contributed by atoms with E-state index >= 15 is 0 Å². The van der Waals surface area contributed by atoms with Crippen LogP contribution in [0.25, 0.3) is 0 Å². The maximum atomic E-state index is 12.0. The monoisotopic (exact) mass is 335 g/mol. The molecule has 0 aliphatic heterocycles. The Hall–Kier alpha value is -1.16. The summed E-state index contributed by atoms with van der Waals surface area (Å²) in [5, 5.41) is 0. The number of benzene rings is 1. The number of hydrogen-bond donors (Lipinski definition) is 3. The van der Waals surface area contributed by atoms with Gasteiger partial charge in [0.05, 0.1) is 12.0 Å².